The molecule has 0 atom stereocenters. The third-order valence-corrected chi connectivity index (χ3v) is 3.83. The van der Waals surface area contributed by atoms with Crippen molar-refractivity contribution in [2.24, 2.45) is 0 Å². The van der Waals surface area contributed by atoms with Crippen LogP contribution in [0.3, 0.4) is 0 Å². The van der Waals surface area contributed by atoms with Crippen LogP contribution in [0.4, 0.5) is 0 Å². The van der Waals surface area contributed by atoms with Gasteiger partial charge in [-0.3, -0.25) is 0 Å². The van der Waals surface area contributed by atoms with Crippen molar-refractivity contribution in [3.63, 3.8) is 0 Å². The largest absolute Gasteiger partial charge is 0.133 e. The molecule has 0 aliphatic rings. The molecule has 0 saturated carbocycles. The van der Waals surface area contributed by atoms with Crippen molar-refractivity contribution in [1.29, 1.82) is 0 Å². The monoisotopic (exact) mass is 218 g/mol. The molecule has 0 unspecified atom stereocenters. The first-order chi connectivity index (χ1) is 4.36. The minimum atomic E-state index is 1.23. The topological polar surface area (TPSA) is 0 Å². The van der Waals surface area contributed by atoms with Gasteiger partial charge in [-0.05, 0) is 33.4 Å². The first kappa shape index (κ1) is 5.89. The molecule has 46 valence electrons. The van der Waals surface area contributed by atoms with Gasteiger partial charge in [0, 0.05) is 5.39 Å². The molecule has 0 spiro atoms. The van der Waals surface area contributed by atoms with E-state index < -0.39 is 0 Å². The molecule has 0 radical (unpaired) electrons. The first-order valence-electron chi connectivity index (χ1n) is 2.49. The second-order valence-electron chi connectivity index (χ2n) is 1.71. The number of hydrogen-bond donors (Lipinski definition) is 0. The van der Waals surface area contributed by atoms with Gasteiger partial charge in [0.1, 0.15) is 0 Å². The lowest BCUT2D eigenvalue weighted by atomic mass is 10.4. The lowest BCUT2D eigenvalue weighted by Gasteiger charge is -1.66. The first-order valence-corrected chi connectivity index (χ1v) is 4.98. The molecule has 2 rings (SSSR count). The van der Waals surface area contributed by atoms with Crippen molar-refractivity contribution in [3.8, 4) is 0 Å². The minimum absolute atomic E-state index is 1.23. The average Bonchev–Trinajstić information content (AvgIpc) is 2.22. The molecule has 0 fully saturated rings. The Bertz CT molecular complexity index is 292. The van der Waals surface area contributed by atoms with Gasteiger partial charge < -0.3 is 0 Å². The molecule has 2 aromatic heterocycles. The van der Waals surface area contributed by atoms with Crippen molar-refractivity contribution in [2.45, 2.75) is 0 Å². The van der Waals surface area contributed by atoms with Crippen molar-refractivity contribution >= 4 is 48.0 Å². The Morgan fingerprint density at radius 1 is 1.44 bits per heavy atom. The zero-order valence-electron chi connectivity index (χ0n) is 4.43. The zero-order chi connectivity index (χ0) is 6.27. The molecule has 0 bridgehead atoms. The van der Waals surface area contributed by atoms with Crippen LogP contribution in [0.25, 0.3) is 9.40 Å². The van der Waals surface area contributed by atoms with Crippen LogP contribution in [0.15, 0.2) is 21.3 Å². The Morgan fingerprint density at radius 3 is 3.11 bits per heavy atom. The van der Waals surface area contributed by atoms with E-state index in [2.05, 4.69) is 33.4 Å². The van der Waals surface area contributed by atoms with Gasteiger partial charge in [0.25, 0.3) is 0 Å². The van der Waals surface area contributed by atoms with E-state index in [4.69, 9.17) is 0 Å². The normalized spacial score (nSPS) is 10.8. The molecular formula is C6H3BrS2. The van der Waals surface area contributed by atoms with Gasteiger partial charge in [-0.25, -0.2) is 0 Å². The summed E-state index contributed by atoms with van der Waals surface area (Å²) < 4.78 is 2.63. The summed E-state index contributed by atoms with van der Waals surface area (Å²) in [6.45, 7) is 0. The summed E-state index contributed by atoms with van der Waals surface area (Å²) >= 11 is 7.02. The van der Waals surface area contributed by atoms with Gasteiger partial charge in [-0.15, -0.1) is 22.7 Å². The van der Waals surface area contributed by atoms with Gasteiger partial charge >= 0.3 is 0 Å². The predicted molar refractivity (Wildman–Crippen MR) is 47.4 cm³/mol. The average molecular weight is 219 g/mol. The van der Waals surface area contributed by atoms with Crippen LogP contribution >= 0.6 is 38.6 Å². The van der Waals surface area contributed by atoms with Crippen LogP contribution in [0.2, 0.25) is 0 Å². The van der Waals surface area contributed by atoms with E-state index in [0.717, 1.165) is 0 Å². The summed E-state index contributed by atoms with van der Waals surface area (Å²) in [5.74, 6) is 0. The Balaban J connectivity index is 2.92. The van der Waals surface area contributed by atoms with Gasteiger partial charge in [-0.2, -0.15) is 0 Å². The molecular weight excluding hydrogens is 216 g/mol. The van der Waals surface area contributed by atoms with E-state index in [-0.39, 0.29) is 0 Å². The molecule has 2 aromatic rings. The molecule has 0 aliphatic heterocycles. The fraction of sp³-hybridized carbons (Fsp3) is 0. The Kier molecular flexibility index (Phi) is 1.36. The van der Waals surface area contributed by atoms with Gasteiger partial charge in [0.15, 0.2) is 0 Å². The van der Waals surface area contributed by atoms with E-state index in [1.165, 1.54) is 13.2 Å². The molecule has 0 N–H and O–H groups in total. The molecule has 0 aliphatic carbocycles. The van der Waals surface area contributed by atoms with E-state index in [0.29, 0.717) is 0 Å². The highest BCUT2D eigenvalue weighted by atomic mass is 79.9. The molecule has 0 saturated heterocycles. The summed E-state index contributed by atoms with van der Waals surface area (Å²) in [4.78, 5) is 0. The fourth-order valence-electron chi connectivity index (χ4n) is 0.736. The highest BCUT2D eigenvalue weighted by molar-refractivity contribution is 9.11. The quantitative estimate of drug-likeness (QED) is 0.633. The van der Waals surface area contributed by atoms with Gasteiger partial charge in [-0.1, -0.05) is 0 Å². The summed E-state index contributed by atoms with van der Waals surface area (Å²) in [6.07, 6.45) is 0. The molecule has 3 heteroatoms. The van der Waals surface area contributed by atoms with Crippen LogP contribution in [0.1, 0.15) is 0 Å². The fourth-order valence-corrected chi connectivity index (χ4v) is 3.63. The summed E-state index contributed by atoms with van der Waals surface area (Å²) in [5.41, 5.74) is 0. The minimum Gasteiger partial charge on any atom is -0.133 e. The number of hydrogen-bond acceptors (Lipinski definition) is 2. The van der Waals surface area contributed by atoms with Gasteiger partial charge in [0.05, 0.1) is 7.80 Å². The van der Waals surface area contributed by atoms with Crippen molar-refractivity contribution in [2.75, 3.05) is 0 Å². The highest BCUT2D eigenvalue weighted by Gasteiger charge is 1.97. The van der Waals surface area contributed by atoms with Crippen molar-refractivity contribution in [1.82, 2.24) is 0 Å². The van der Waals surface area contributed by atoms with Crippen molar-refractivity contribution in [3.05, 3.63) is 21.3 Å². The van der Waals surface area contributed by atoms with Crippen molar-refractivity contribution < 1.29 is 0 Å². The smallest absolute Gasteiger partial charge is 0.0876 e. The maximum Gasteiger partial charge on any atom is 0.0876 e. The summed E-state index contributed by atoms with van der Waals surface area (Å²) in [7, 11) is 0. The summed E-state index contributed by atoms with van der Waals surface area (Å²) in [6, 6.07) is 4.29. The molecule has 9 heavy (non-hydrogen) atoms. The third-order valence-electron chi connectivity index (χ3n) is 1.12. The second kappa shape index (κ2) is 2.08. The number of rotatable bonds is 0. The number of halogens is 1. The van der Waals surface area contributed by atoms with Crippen LogP contribution in [-0.2, 0) is 0 Å². The second-order valence-corrected chi connectivity index (χ2v) is 5.32. The molecule has 0 amide bonds. The van der Waals surface area contributed by atoms with E-state index in [9.17, 15) is 0 Å². The molecule has 0 aromatic carbocycles. The Labute approximate surface area is 69.3 Å². The zero-order valence-corrected chi connectivity index (χ0v) is 7.65. The van der Waals surface area contributed by atoms with Crippen LogP contribution in [0.5, 0.6) is 0 Å². The Morgan fingerprint density at radius 2 is 2.33 bits per heavy atom. The number of fused-ring (bicyclic) bond motifs is 1. The highest BCUT2D eigenvalue weighted by Crippen LogP contribution is 2.33. The Hall–Kier alpha value is 0.140. The van der Waals surface area contributed by atoms with E-state index in [1.807, 2.05) is 0 Å². The van der Waals surface area contributed by atoms with Gasteiger partial charge in [0.2, 0.25) is 0 Å². The molecule has 2 heterocycles. The maximum atomic E-state index is 3.43. The van der Waals surface area contributed by atoms with E-state index in [1.54, 1.807) is 22.7 Å². The SMILES string of the molecule is Brc1cc2ccsc2s1. The number of thiophene rings is 2. The third kappa shape index (κ3) is 0.933. The maximum absolute atomic E-state index is 3.43. The van der Waals surface area contributed by atoms with Crippen LogP contribution in [0, 0.1) is 0 Å². The van der Waals surface area contributed by atoms with E-state index >= 15 is 0 Å². The summed E-state index contributed by atoms with van der Waals surface area (Å²) in [5, 5.41) is 3.48. The predicted octanol–water partition coefficient (Wildman–Crippen LogP) is 3.73. The standard InChI is InChI=1S/C6H3BrS2/c7-5-3-4-1-2-8-6(4)9-5/h1-3H. The van der Waals surface area contributed by atoms with Crippen LogP contribution < -0.4 is 0 Å². The van der Waals surface area contributed by atoms with Crippen LogP contribution in [-0.4, -0.2) is 0 Å². The molecule has 0 nitrogen and oxygen atoms in total. The lowest BCUT2D eigenvalue weighted by molar-refractivity contribution is 2.04. The lowest BCUT2D eigenvalue weighted by Crippen LogP contribution is -1.39.